The van der Waals surface area contributed by atoms with Gasteiger partial charge in [0.15, 0.2) is 0 Å². The fraction of sp³-hybridized carbons (Fsp3) is 0.462. The van der Waals surface area contributed by atoms with Crippen molar-refractivity contribution in [2.45, 2.75) is 34.1 Å². The second-order valence-corrected chi connectivity index (χ2v) is 5.63. The Morgan fingerprint density at radius 3 is 2.62 bits per heavy atom. The zero-order valence-electron chi connectivity index (χ0n) is 10.4. The molecule has 0 unspecified atom stereocenters. The van der Waals surface area contributed by atoms with Crippen molar-refractivity contribution in [3.63, 3.8) is 0 Å². The van der Waals surface area contributed by atoms with E-state index in [1.807, 2.05) is 19.1 Å². The van der Waals surface area contributed by atoms with Crippen LogP contribution in [0.25, 0.3) is 5.16 Å². The van der Waals surface area contributed by atoms with Crippen molar-refractivity contribution in [3.8, 4) is 0 Å². The van der Waals surface area contributed by atoms with E-state index in [4.69, 9.17) is 11.6 Å². The van der Waals surface area contributed by atoms with Gasteiger partial charge in [-0.25, -0.2) is 4.68 Å². The highest BCUT2D eigenvalue weighted by atomic mass is 35.5. The molecule has 1 aromatic rings. The van der Waals surface area contributed by atoms with Gasteiger partial charge in [0.1, 0.15) is 5.16 Å². The van der Waals surface area contributed by atoms with Gasteiger partial charge in [0, 0.05) is 11.9 Å². The standard InChI is InChI=1S/C13H19ClN2/c1-10(9-13(3,4)5)8-12(14)16-11(2)6-7-15-16/h6-8H,1,9H2,2-5H3/b12-8-. The SMILES string of the molecule is C=C(/C=C(/Cl)n1nccc1C)CC(C)(C)C. The molecular weight excluding hydrogens is 220 g/mol. The lowest BCUT2D eigenvalue weighted by Crippen LogP contribution is -2.05. The number of allylic oxidation sites excluding steroid dienone is 2. The normalized spacial score (nSPS) is 12.9. The summed E-state index contributed by atoms with van der Waals surface area (Å²) in [6, 6.07) is 1.92. The quantitative estimate of drug-likeness (QED) is 0.721. The number of aryl methyl sites for hydroxylation is 1. The summed E-state index contributed by atoms with van der Waals surface area (Å²) in [6.07, 6.45) is 4.54. The summed E-state index contributed by atoms with van der Waals surface area (Å²) in [5, 5.41) is 4.73. The van der Waals surface area contributed by atoms with E-state index in [1.54, 1.807) is 10.9 Å². The minimum Gasteiger partial charge on any atom is -0.227 e. The molecular formula is C13H19ClN2. The van der Waals surface area contributed by atoms with Crippen LogP contribution in [0.15, 0.2) is 30.5 Å². The van der Waals surface area contributed by atoms with Gasteiger partial charge in [0.05, 0.1) is 0 Å². The molecule has 0 atom stereocenters. The second kappa shape index (κ2) is 4.88. The molecule has 0 saturated heterocycles. The van der Waals surface area contributed by atoms with Crippen LogP contribution in [0.3, 0.4) is 0 Å². The number of aromatic nitrogens is 2. The highest BCUT2D eigenvalue weighted by Crippen LogP contribution is 2.25. The van der Waals surface area contributed by atoms with Gasteiger partial charge in [-0.1, -0.05) is 44.5 Å². The molecule has 0 N–H and O–H groups in total. The van der Waals surface area contributed by atoms with Crippen LogP contribution in [0.5, 0.6) is 0 Å². The Labute approximate surface area is 103 Å². The molecule has 16 heavy (non-hydrogen) atoms. The molecule has 1 heterocycles. The van der Waals surface area contributed by atoms with Gasteiger partial charge < -0.3 is 0 Å². The maximum atomic E-state index is 6.18. The highest BCUT2D eigenvalue weighted by Gasteiger charge is 2.11. The third-order valence-electron chi connectivity index (χ3n) is 2.11. The topological polar surface area (TPSA) is 17.8 Å². The summed E-state index contributed by atoms with van der Waals surface area (Å²) in [5.41, 5.74) is 2.27. The van der Waals surface area contributed by atoms with E-state index in [-0.39, 0.29) is 5.41 Å². The van der Waals surface area contributed by atoms with E-state index in [1.165, 1.54) is 0 Å². The number of halogens is 1. The maximum Gasteiger partial charge on any atom is 0.131 e. The van der Waals surface area contributed by atoms with Gasteiger partial charge in [-0.15, -0.1) is 0 Å². The summed E-state index contributed by atoms with van der Waals surface area (Å²) < 4.78 is 1.70. The molecule has 0 radical (unpaired) electrons. The Bertz CT molecular complexity index is 408. The highest BCUT2D eigenvalue weighted by molar-refractivity contribution is 6.45. The largest absolute Gasteiger partial charge is 0.227 e. The first kappa shape index (κ1) is 13.0. The number of hydrogen-bond acceptors (Lipinski definition) is 1. The molecule has 0 aliphatic rings. The number of rotatable bonds is 3. The van der Waals surface area contributed by atoms with Gasteiger partial charge in [0.2, 0.25) is 0 Å². The molecule has 1 aromatic heterocycles. The summed E-state index contributed by atoms with van der Waals surface area (Å²) >= 11 is 6.18. The van der Waals surface area contributed by atoms with Gasteiger partial charge in [-0.3, -0.25) is 0 Å². The molecule has 0 bridgehead atoms. The predicted octanol–water partition coefficient (Wildman–Crippen LogP) is 4.22. The van der Waals surface area contributed by atoms with Crippen molar-refractivity contribution in [3.05, 3.63) is 36.2 Å². The first-order valence-electron chi connectivity index (χ1n) is 5.35. The van der Waals surface area contributed by atoms with E-state index >= 15 is 0 Å². The molecule has 0 aliphatic carbocycles. The molecule has 0 spiro atoms. The Balaban J connectivity index is 2.78. The minimum atomic E-state index is 0.226. The summed E-state index contributed by atoms with van der Waals surface area (Å²) in [4.78, 5) is 0. The monoisotopic (exact) mass is 238 g/mol. The summed E-state index contributed by atoms with van der Waals surface area (Å²) in [7, 11) is 0. The lowest BCUT2D eigenvalue weighted by molar-refractivity contribution is 0.414. The molecule has 0 amide bonds. The third kappa shape index (κ3) is 3.86. The first-order valence-corrected chi connectivity index (χ1v) is 5.73. The summed E-state index contributed by atoms with van der Waals surface area (Å²) in [5.74, 6) is 0. The number of nitrogens with zero attached hydrogens (tertiary/aromatic N) is 2. The zero-order valence-corrected chi connectivity index (χ0v) is 11.2. The predicted molar refractivity (Wildman–Crippen MR) is 70.3 cm³/mol. The molecule has 0 fully saturated rings. The van der Waals surface area contributed by atoms with E-state index in [0.29, 0.717) is 5.16 Å². The smallest absolute Gasteiger partial charge is 0.131 e. The third-order valence-corrected chi connectivity index (χ3v) is 2.38. The Morgan fingerprint density at radius 2 is 2.19 bits per heavy atom. The Hall–Kier alpha value is -1.02. The zero-order chi connectivity index (χ0) is 12.3. The average Bonchev–Trinajstić information content (AvgIpc) is 2.47. The van der Waals surface area contributed by atoms with Crippen LogP contribution >= 0.6 is 11.6 Å². The molecule has 1 rings (SSSR count). The molecule has 0 aliphatic heterocycles. The van der Waals surface area contributed by atoms with Crippen LogP contribution in [-0.4, -0.2) is 9.78 Å². The second-order valence-electron chi connectivity index (χ2n) is 5.25. The minimum absolute atomic E-state index is 0.226. The van der Waals surface area contributed by atoms with Gasteiger partial charge in [-0.05, 0) is 30.9 Å². The molecule has 0 saturated carbocycles. The Kier molecular flexibility index (Phi) is 3.98. The number of hydrogen-bond donors (Lipinski definition) is 0. The Morgan fingerprint density at radius 1 is 1.56 bits per heavy atom. The fourth-order valence-corrected chi connectivity index (χ4v) is 1.89. The van der Waals surface area contributed by atoms with Crippen LogP contribution in [-0.2, 0) is 0 Å². The lowest BCUT2D eigenvalue weighted by Gasteiger charge is -2.18. The molecule has 88 valence electrons. The van der Waals surface area contributed by atoms with Crippen LogP contribution in [0.2, 0.25) is 0 Å². The van der Waals surface area contributed by atoms with Crippen molar-refractivity contribution < 1.29 is 0 Å². The van der Waals surface area contributed by atoms with Gasteiger partial charge in [-0.2, -0.15) is 5.10 Å². The summed E-state index contributed by atoms with van der Waals surface area (Å²) in [6.45, 7) is 12.5. The molecule has 3 heteroatoms. The molecule has 2 nitrogen and oxygen atoms in total. The van der Waals surface area contributed by atoms with Crippen LogP contribution in [0, 0.1) is 12.3 Å². The molecule has 0 aromatic carbocycles. The average molecular weight is 239 g/mol. The van der Waals surface area contributed by atoms with E-state index < -0.39 is 0 Å². The van der Waals surface area contributed by atoms with Crippen molar-refractivity contribution >= 4 is 16.8 Å². The van der Waals surface area contributed by atoms with Crippen LogP contribution < -0.4 is 0 Å². The van der Waals surface area contributed by atoms with E-state index in [9.17, 15) is 0 Å². The lowest BCUT2D eigenvalue weighted by atomic mass is 9.88. The van der Waals surface area contributed by atoms with Gasteiger partial charge in [0.25, 0.3) is 0 Å². The van der Waals surface area contributed by atoms with Crippen LogP contribution in [0.1, 0.15) is 32.9 Å². The van der Waals surface area contributed by atoms with Crippen molar-refractivity contribution in [2.75, 3.05) is 0 Å². The van der Waals surface area contributed by atoms with Crippen molar-refractivity contribution in [1.29, 1.82) is 0 Å². The first-order chi connectivity index (χ1) is 7.29. The van der Waals surface area contributed by atoms with Gasteiger partial charge >= 0.3 is 0 Å². The van der Waals surface area contributed by atoms with Crippen LogP contribution in [0.4, 0.5) is 0 Å². The maximum absolute atomic E-state index is 6.18. The van der Waals surface area contributed by atoms with Crippen molar-refractivity contribution in [2.24, 2.45) is 5.41 Å². The van der Waals surface area contributed by atoms with E-state index in [0.717, 1.165) is 17.7 Å². The van der Waals surface area contributed by atoms with E-state index in [2.05, 4.69) is 32.4 Å². The van der Waals surface area contributed by atoms with Crippen molar-refractivity contribution in [1.82, 2.24) is 9.78 Å². The fourth-order valence-electron chi connectivity index (χ4n) is 1.55.